The second-order valence-electron chi connectivity index (χ2n) is 2.87. The van der Waals surface area contributed by atoms with E-state index < -0.39 is 0 Å². The molecule has 0 saturated heterocycles. The SMILES string of the molecule is CCCCCOc1ccccc1.CN. The standard InChI is InChI=1S/C11H16O.CH5N/c1-2-3-7-10-12-11-8-5-4-6-9-11;1-2/h4-6,8-9H,2-3,7,10H2,1H3;2H2,1H3. The summed E-state index contributed by atoms with van der Waals surface area (Å²) in [7, 11) is 1.50. The summed E-state index contributed by atoms with van der Waals surface area (Å²) in [5.41, 5.74) is 4.50. The normalized spacial score (nSPS) is 8.79. The van der Waals surface area contributed by atoms with Crippen LogP contribution in [0.25, 0.3) is 0 Å². The Labute approximate surface area is 87.1 Å². The van der Waals surface area contributed by atoms with E-state index in [2.05, 4.69) is 12.7 Å². The maximum absolute atomic E-state index is 5.51. The average molecular weight is 195 g/mol. The van der Waals surface area contributed by atoms with Crippen LogP contribution in [0.4, 0.5) is 0 Å². The monoisotopic (exact) mass is 195 g/mol. The highest BCUT2D eigenvalue weighted by Gasteiger charge is 1.89. The van der Waals surface area contributed by atoms with E-state index in [9.17, 15) is 0 Å². The molecule has 0 aliphatic rings. The molecule has 0 unspecified atom stereocenters. The van der Waals surface area contributed by atoms with Crippen molar-refractivity contribution in [1.82, 2.24) is 0 Å². The molecule has 0 heterocycles. The van der Waals surface area contributed by atoms with Gasteiger partial charge in [-0.3, -0.25) is 0 Å². The van der Waals surface area contributed by atoms with Crippen molar-refractivity contribution >= 4 is 0 Å². The molecule has 0 spiro atoms. The summed E-state index contributed by atoms with van der Waals surface area (Å²) in [5.74, 6) is 0.980. The highest BCUT2D eigenvalue weighted by Crippen LogP contribution is 2.08. The number of para-hydroxylation sites is 1. The molecule has 0 radical (unpaired) electrons. The van der Waals surface area contributed by atoms with Gasteiger partial charge in [0, 0.05) is 0 Å². The van der Waals surface area contributed by atoms with Crippen molar-refractivity contribution in [2.24, 2.45) is 5.73 Å². The van der Waals surface area contributed by atoms with Gasteiger partial charge < -0.3 is 10.5 Å². The van der Waals surface area contributed by atoms with Crippen LogP contribution in [0.5, 0.6) is 5.75 Å². The van der Waals surface area contributed by atoms with Crippen molar-refractivity contribution in [1.29, 1.82) is 0 Å². The van der Waals surface area contributed by atoms with Gasteiger partial charge in [0.15, 0.2) is 0 Å². The number of nitrogens with two attached hydrogens (primary N) is 1. The third kappa shape index (κ3) is 6.49. The van der Waals surface area contributed by atoms with Crippen molar-refractivity contribution in [3.8, 4) is 5.75 Å². The maximum atomic E-state index is 5.51. The molecular weight excluding hydrogens is 174 g/mol. The predicted octanol–water partition coefficient (Wildman–Crippen LogP) is 2.83. The summed E-state index contributed by atoms with van der Waals surface area (Å²) in [6.45, 7) is 3.04. The Hall–Kier alpha value is -1.02. The first-order chi connectivity index (χ1) is 6.93. The van der Waals surface area contributed by atoms with Crippen LogP contribution in [0.3, 0.4) is 0 Å². The van der Waals surface area contributed by atoms with Crippen molar-refractivity contribution in [2.45, 2.75) is 26.2 Å². The molecule has 0 amide bonds. The van der Waals surface area contributed by atoms with E-state index in [1.54, 1.807) is 0 Å². The number of unbranched alkanes of at least 4 members (excludes halogenated alkanes) is 2. The number of ether oxygens (including phenoxy) is 1. The van der Waals surface area contributed by atoms with Crippen LogP contribution in [0.1, 0.15) is 26.2 Å². The Morgan fingerprint density at radius 1 is 1.07 bits per heavy atom. The van der Waals surface area contributed by atoms with Crippen LogP contribution < -0.4 is 10.5 Å². The first-order valence-corrected chi connectivity index (χ1v) is 5.19. The third-order valence-corrected chi connectivity index (χ3v) is 1.76. The predicted molar refractivity (Wildman–Crippen MR) is 61.6 cm³/mol. The quantitative estimate of drug-likeness (QED) is 0.733. The molecule has 1 aromatic rings. The molecule has 2 heteroatoms. The fraction of sp³-hybridized carbons (Fsp3) is 0.500. The Kier molecular flexibility index (Phi) is 9.33. The average Bonchev–Trinajstić information content (AvgIpc) is 2.29. The van der Waals surface area contributed by atoms with Crippen molar-refractivity contribution in [2.75, 3.05) is 13.7 Å². The lowest BCUT2D eigenvalue weighted by Crippen LogP contribution is -1.96. The van der Waals surface area contributed by atoms with Gasteiger partial charge in [-0.15, -0.1) is 0 Å². The summed E-state index contributed by atoms with van der Waals surface area (Å²) in [5, 5.41) is 0. The molecule has 2 nitrogen and oxygen atoms in total. The van der Waals surface area contributed by atoms with E-state index in [0.717, 1.165) is 18.8 Å². The van der Waals surface area contributed by atoms with Gasteiger partial charge in [-0.2, -0.15) is 0 Å². The molecule has 0 bridgehead atoms. The van der Waals surface area contributed by atoms with Gasteiger partial charge in [0.2, 0.25) is 0 Å². The van der Waals surface area contributed by atoms with E-state index in [1.807, 2.05) is 30.3 Å². The molecule has 2 N–H and O–H groups in total. The van der Waals surface area contributed by atoms with Gasteiger partial charge >= 0.3 is 0 Å². The zero-order valence-corrected chi connectivity index (χ0v) is 9.20. The summed E-state index contributed by atoms with van der Waals surface area (Å²) in [6, 6.07) is 9.97. The summed E-state index contributed by atoms with van der Waals surface area (Å²) >= 11 is 0. The molecule has 0 aliphatic heterocycles. The lowest BCUT2D eigenvalue weighted by Gasteiger charge is -2.04. The molecular formula is C12H21NO. The zero-order valence-electron chi connectivity index (χ0n) is 9.20. The van der Waals surface area contributed by atoms with Gasteiger partial charge in [0.1, 0.15) is 5.75 Å². The Balaban J connectivity index is 0.000000791. The zero-order chi connectivity index (χ0) is 10.6. The van der Waals surface area contributed by atoms with E-state index >= 15 is 0 Å². The van der Waals surface area contributed by atoms with E-state index in [-0.39, 0.29) is 0 Å². The van der Waals surface area contributed by atoms with Gasteiger partial charge in [0.05, 0.1) is 6.61 Å². The smallest absolute Gasteiger partial charge is 0.119 e. The molecule has 1 rings (SSSR count). The second kappa shape index (κ2) is 10.1. The van der Waals surface area contributed by atoms with Gasteiger partial charge in [-0.05, 0) is 25.6 Å². The molecule has 0 aromatic heterocycles. The van der Waals surface area contributed by atoms with Crippen LogP contribution in [0, 0.1) is 0 Å². The van der Waals surface area contributed by atoms with Crippen LogP contribution in [0.2, 0.25) is 0 Å². The third-order valence-electron chi connectivity index (χ3n) is 1.76. The summed E-state index contributed by atoms with van der Waals surface area (Å²) < 4.78 is 5.51. The summed E-state index contributed by atoms with van der Waals surface area (Å²) in [6.07, 6.45) is 3.66. The van der Waals surface area contributed by atoms with Crippen molar-refractivity contribution in [3.05, 3.63) is 30.3 Å². The van der Waals surface area contributed by atoms with Crippen LogP contribution in [-0.4, -0.2) is 13.7 Å². The number of rotatable bonds is 5. The van der Waals surface area contributed by atoms with E-state index in [1.165, 1.54) is 19.9 Å². The fourth-order valence-electron chi connectivity index (χ4n) is 1.06. The highest BCUT2D eigenvalue weighted by atomic mass is 16.5. The van der Waals surface area contributed by atoms with Crippen LogP contribution >= 0.6 is 0 Å². The first-order valence-electron chi connectivity index (χ1n) is 5.19. The maximum Gasteiger partial charge on any atom is 0.119 e. The second-order valence-corrected chi connectivity index (χ2v) is 2.87. The lowest BCUT2D eigenvalue weighted by molar-refractivity contribution is 0.306. The van der Waals surface area contributed by atoms with Crippen molar-refractivity contribution < 1.29 is 4.74 Å². The van der Waals surface area contributed by atoms with Crippen molar-refractivity contribution in [3.63, 3.8) is 0 Å². The largest absolute Gasteiger partial charge is 0.494 e. The lowest BCUT2D eigenvalue weighted by atomic mass is 10.3. The number of hydrogen-bond donors (Lipinski definition) is 1. The van der Waals surface area contributed by atoms with E-state index in [0.29, 0.717) is 0 Å². The Morgan fingerprint density at radius 3 is 2.29 bits per heavy atom. The first kappa shape index (κ1) is 13.0. The minimum Gasteiger partial charge on any atom is -0.494 e. The number of hydrogen-bond acceptors (Lipinski definition) is 2. The molecule has 0 aliphatic carbocycles. The minimum atomic E-state index is 0.845. The topological polar surface area (TPSA) is 35.2 Å². The molecule has 14 heavy (non-hydrogen) atoms. The highest BCUT2D eigenvalue weighted by molar-refractivity contribution is 5.20. The Morgan fingerprint density at radius 2 is 1.71 bits per heavy atom. The minimum absolute atomic E-state index is 0.845. The fourth-order valence-corrected chi connectivity index (χ4v) is 1.06. The van der Waals surface area contributed by atoms with Gasteiger partial charge in [-0.25, -0.2) is 0 Å². The van der Waals surface area contributed by atoms with Crippen LogP contribution in [-0.2, 0) is 0 Å². The van der Waals surface area contributed by atoms with Crippen LogP contribution in [0.15, 0.2) is 30.3 Å². The Bertz CT molecular complexity index is 199. The van der Waals surface area contributed by atoms with Gasteiger partial charge in [0.25, 0.3) is 0 Å². The van der Waals surface area contributed by atoms with Gasteiger partial charge in [-0.1, -0.05) is 38.0 Å². The molecule has 80 valence electrons. The molecule has 1 aromatic carbocycles. The molecule has 0 saturated carbocycles. The summed E-state index contributed by atoms with van der Waals surface area (Å²) in [4.78, 5) is 0. The molecule has 0 fully saturated rings. The van der Waals surface area contributed by atoms with E-state index in [4.69, 9.17) is 4.74 Å². The number of benzene rings is 1. The molecule has 0 atom stereocenters.